The van der Waals surface area contributed by atoms with Crippen molar-refractivity contribution in [1.82, 2.24) is 30.3 Å². The molecule has 3 heterocycles. The summed E-state index contributed by atoms with van der Waals surface area (Å²) >= 11 is 0. The van der Waals surface area contributed by atoms with E-state index < -0.39 is 0 Å². The van der Waals surface area contributed by atoms with Crippen LogP contribution in [0.5, 0.6) is 0 Å². The smallest absolute Gasteiger partial charge is 0.254 e. The van der Waals surface area contributed by atoms with Gasteiger partial charge in [0.25, 0.3) is 5.91 Å². The van der Waals surface area contributed by atoms with Crippen molar-refractivity contribution < 1.29 is 9.53 Å². The Morgan fingerprint density at radius 2 is 2.30 bits per heavy atom. The number of rotatable bonds is 5. The van der Waals surface area contributed by atoms with Gasteiger partial charge in [-0.25, -0.2) is 4.98 Å². The van der Waals surface area contributed by atoms with E-state index in [2.05, 4.69) is 25.6 Å². The highest BCUT2D eigenvalue weighted by atomic mass is 16.5. The molecule has 3 rings (SSSR count). The number of amides is 1. The van der Waals surface area contributed by atoms with E-state index in [0.29, 0.717) is 17.9 Å². The van der Waals surface area contributed by atoms with Crippen molar-refractivity contribution in [3.63, 3.8) is 0 Å². The monoisotopic (exact) mass is 318 g/mol. The van der Waals surface area contributed by atoms with Gasteiger partial charge in [0.2, 0.25) is 0 Å². The van der Waals surface area contributed by atoms with Crippen molar-refractivity contribution in [3.8, 4) is 0 Å². The Morgan fingerprint density at radius 3 is 2.96 bits per heavy atom. The molecule has 2 atom stereocenters. The molecule has 124 valence electrons. The predicted molar refractivity (Wildman–Crippen MR) is 82.9 cm³/mol. The molecule has 2 aromatic rings. The first kappa shape index (κ1) is 15.7. The summed E-state index contributed by atoms with van der Waals surface area (Å²) in [5.74, 6) is 1.36. The zero-order valence-corrected chi connectivity index (χ0v) is 13.7. The molecule has 0 spiro atoms. The summed E-state index contributed by atoms with van der Waals surface area (Å²) in [4.78, 5) is 16.6. The number of ether oxygens (including phenoxy) is 1. The Morgan fingerprint density at radius 1 is 1.48 bits per heavy atom. The lowest BCUT2D eigenvalue weighted by Gasteiger charge is -2.12. The minimum absolute atomic E-state index is 0.00992. The molecule has 8 nitrogen and oxygen atoms in total. The zero-order valence-electron chi connectivity index (χ0n) is 13.7. The zero-order chi connectivity index (χ0) is 16.4. The van der Waals surface area contributed by atoms with Crippen LogP contribution >= 0.6 is 0 Å². The second kappa shape index (κ2) is 6.49. The number of nitrogens with zero attached hydrogens (tertiary/aromatic N) is 4. The van der Waals surface area contributed by atoms with Gasteiger partial charge in [-0.2, -0.15) is 10.2 Å². The number of aryl methyl sites for hydroxylation is 3. The molecule has 1 aliphatic rings. The maximum absolute atomic E-state index is 12.3. The third-order valence-electron chi connectivity index (χ3n) is 4.02. The topological polar surface area (TPSA) is 97.7 Å². The van der Waals surface area contributed by atoms with Crippen LogP contribution in [0.4, 0.5) is 0 Å². The molecule has 1 fully saturated rings. The highest BCUT2D eigenvalue weighted by Gasteiger charge is 2.29. The minimum Gasteiger partial charge on any atom is -0.365 e. The second-order valence-corrected chi connectivity index (χ2v) is 5.80. The molecule has 23 heavy (non-hydrogen) atoms. The lowest BCUT2D eigenvalue weighted by atomic mass is 10.2. The molecule has 1 saturated heterocycles. The Hall–Kier alpha value is -2.22. The molecule has 0 unspecified atom stereocenters. The average Bonchev–Trinajstić information content (AvgIpc) is 3.24. The Balaban J connectivity index is 1.53. The van der Waals surface area contributed by atoms with Crippen LogP contribution in [0.25, 0.3) is 0 Å². The van der Waals surface area contributed by atoms with Crippen molar-refractivity contribution in [3.05, 3.63) is 29.1 Å². The van der Waals surface area contributed by atoms with Crippen LogP contribution < -0.4 is 5.32 Å². The summed E-state index contributed by atoms with van der Waals surface area (Å²) in [6, 6.07) is 0. The highest BCUT2D eigenvalue weighted by Crippen LogP contribution is 2.30. The SMILES string of the molecule is CCn1cc(C(=O)NC[C@H]2CC[C@@H](c3n[nH]c(C)n3)O2)c(C)n1. The molecule has 1 aliphatic heterocycles. The van der Waals surface area contributed by atoms with Gasteiger partial charge < -0.3 is 10.1 Å². The molecule has 0 aliphatic carbocycles. The third kappa shape index (κ3) is 3.42. The van der Waals surface area contributed by atoms with Crippen LogP contribution in [-0.2, 0) is 11.3 Å². The van der Waals surface area contributed by atoms with E-state index in [1.54, 1.807) is 10.9 Å². The quantitative estimate of drug-likeness (QED) is 0.865. The first-order valence-electron chi connectivity index (χ1n) is 7.93. The van der Waals surface area contributed by atoms with Crippen molar-refractivity contribution in [1.29, 1.82) is 0 Å². The van der Waals surface area contributed by atoms with Gasteiger partial charge in [0, 0.05) is 19.3 Å². The average molecular weight is 318 g/mol. The third-order valence-corrected chi connectivity index (χ3v) is 4.02. The fourth-order valence-electron chi connectivity index (χ4n) is 2.75. The van der Waals surface area contributed by atoms with Crippen LogP contribution in [-0.4, -0.2) is 43.5 Å². The number of hydrogen-bond acceptors (Lipinski definition) is 5. The molecule has 0 aromatic carbocycles. The molecule has 0 radical (unpaired) electrons. The summed E-state index contributed by atoms with van der Waals surface area (Å²) in [6.45, 7) is 6.93. The van der Waals surface area contributed by atoms with Gasteiger partial charge in [-0.3, -0.25) is 14.6 Å². The first-order valence-corrected chi connectivity index (χ1v) is 7.93. The van der Waals surface area contributed by atoms with E-state index in [4.69, 9.17) is 4.74 Å². The van der Waals surface area contributed by atoms with Gasteiger partial charge >= 0.3 is 0 Å². The van der Waals surface area contributed by atoms with Crippen LogP contribution in [0.3, 0.4) is 0 Å². The van der Waals surface area contributed by atoms with Crippen molar-refractivity contribution >= 4 is 5.91 Å². The van der Waals surface area contributed by atoms with Gasteiger partial charge in [-0.15, -0.1) is 0 Å². The number of H-pyrrole nitrogens is 1. The maximum Gasteiger partial charge on any atom is 0.254 e. The number of carbonyl (C=O) groups excluding carboxylic acids is 1. The van der Waals surface area contributed by atoms with E-state index in [-0.39, 0.29) is 18.1 Å². The van der Waals surface area contributed by atoms with Crippen LogP contribution in [0.1, 0.15) is 53.6 Å². The van der Waals surface area contributed by atoms with Crippen LogP contribution in [0.2, 0.25) is 0 Å². The van der Waals surface area contributed by atoms with Crippen molar-refractivity contribution in [2.24, 2.45) is 0 Å². The number of hydrogen-bond donors (Lipinski definition) is 2. The fourth-order valence-corrected chi connectivity index (χ4v) is 2.75. The van der Waals surface area contributed by atoms with E-state index >= 15 is 0 Å². The number of carbonyl (C=O) groups is 1. The van der Waals surface area contributed by atoms with Gasteiger partial charge in [0.1, 0.15) is 11.9 Å². The largest absolute Gasteiger partial charge is 0.365 e. The van der Waals surface area contributed by atoms with Crippen molar-refractivity contribution in [2.45, 2.75) is 52.4 Å². The lowest BCUT2D eigenvalue weighted by molar-refractivity contribution is 0.0392. The van der Waals surface area contributed by atoms with E-state index in [0.717, 1.165) is 30.9 Å². The highest BCUT2D eigenvalue weighted by molar-refractivity contribution is 5.95. The van der Waals surface area contributed by atoms with Gasteiger partial charge in [0.15, 0.2) is 5.82 Å². The Bertz CT molecular complexity index is 692. The molecule has 1 amide bonds. The van der Waals surface area contributed by atoms with Crippen LogP contribution in [0.15, 0.2) is 6.20 Å². The predicted octanol–water partition coefficient (Wildman–Crippen LogP) is 1.29. The molecule has 0 bridgehead atoms. The Labute approximate surface area is 134 Å². The number of aromatic amines is 1. The summed E-state index contributed by atoms with van der Waals surface area (Å²) in [6.07, 6.45) is 3.42. The molecular weight excluding hydrogens is 296 g/mol. The fraction of sp³-hybridized carbons (Fsp3) is 0.600. The normalized spacial score (nSPS) is 20.8. The van der Waals surface area contributed by atoms with Gasteiger partial charge in [-0.05, 0) is 33.6 Å². The van der Waals surface area contributed by atoms with Gasteiger partial charge in [-0.1, -0.05) is 0 Å². The summed E-state index contributed by atoms with van der Waals surface area (Å²) < 4.78 is 7.68. The van der Waals surface area contributed by atoms with E-state index in [9.17, 15) is 4.79 Å². The second-order valence-electron chi connectivity index (χ2n) is 5.80. The Kier molecular flexibility index (Phi) is 4.42. The van der Waals surface area contributed by atoms with Crippen LogP contribution in [0, 0.1) is 13.8 Å². The molecule has 0 saturated carbocycles. The summed E-state index contributed by atoms with van der Waals surface area (Å²) in [7, 11) is 0. The number of aromatic nitrogens is 5. The first-order chi connectivity index (χ1) is 11.1. The number of nitrogens with one attached hydrogen (secondary N) is 2. The molecule has 2 N–H and O–H groups in total. The summed E-state index contributed by atoms with van der Waals surface area (Å²) in [5.41, 5.74) is 1.36. The van der Waals surface area contributed by atoms with Crippen molar-refractivity contribution in [2.75, 3.05) is 6.54 Å². The molecule has 2 aromatic heterocycles. The van der Waals surface area contributed by atoms with Gasteiger partial charge in [0.05, 0.1) is 17.4 Å². The molecule has 8 heteroatoms. The summed E-state index contributed by atoms with van der Waals surface area (Å²) in [5, 5.41) is 14.2. The van der Waals surface area contributed by atoms with E-state index in [1.165, 1.54) is 0 Å². The minimum atomic E-state index is -0.108. The standard InChI is InChI=1S/C15H22N6O2/c1-4-21-8-12(9(2)20-21)15(22)16-7-11-5-6-13(23-11)14-17-10(3)18-19-14/h8,11,13H,4-7H2,1-3H3,(H,16,22)(H,17,18,19)/t11-,13+/m1/s1. The maximum atomic E-state index is 12.3. The lowest BCUT2D eigenvalue weighted by Crippen LogP contribution is -2.32. The molecular formula is C15H22N6O2. The van der Waals surface area contributed by atoms with E-state index in [1.807, 2.05) is 20.8 Å².